The van der Waals surface area contributed by atoms with Crippen molar-refractivity contribution in [3.8, 4) is 23.0 Å². The molecule has 26 heavy (non-hydrogen) atoms. The monoisotopic (exact) mass is 352 g/mol. The molecule has 0 saturated heterocycles. The fourth-order valence-corrected chi connectivity index (χ4v) is 3.96. The van der Waals surface area contributed by atoms with Crippen molar-refractivity contribution in [2.45, 2.75) is 39.2 Å². The molecule has 136 valence electrons. The fourth-order valence-electron chi connectivity index (χ4n) is 3.96. The summed E-state index contributed by atoms with van der Waals surface area (Å²) >= 11 is 0. The van der Waals surface area contributed by atoms with Gasteiger partial charge in [-0.2, -0.15) is 0 Å². The Kier molecular flexibility index (Phi) is 4.06. The number of hydrogen-bond acceptors (Lipinski definition) is 4. The summed E-state index contributed by atoms with van der Waals surface area (Å²) in [6.07, 6.45) is 2.88. The molecule has 0 bridgehead atoms. The van der Waals surface area contributed by atoms with Gasteiger partial charge in [-0.25, -0.2) is 0 Å². The lowest BCUT2D eigenvalue weighted by Gasteiger charge is -2.27. The lowest BCUT2D eigenvalue weighted by molar-refractivity contribution is 0.138. The SMILES string of the molecule is COc1c(C)cc2c(c1CC=C(C)C)O[C@H]1c3ccc(O)cc3OC[C@@H]21. The second kappa shape index (κ2) is 6.27. The zero-order valence-corrected chi connectivity index (χ0v) is 15.6. The first kappa shape index (κ1) is 16.8. The fraction of sp³-hybridized carbons (Fsp3) is 0.364. The molecular formula is C22H24O4. The predicted octanol–water partition coefficient (Wildman–Crippen LogP) is 4.83. The van der Waals surface area contributed by atoms with E-state index in [1.807, 2.05) is 6.07 Å². The molecule has 4 rings (SSSR count). The molecule has 0 aromatic heterocycles. The molecule has 4 heteroatoms. The van der Waals surface area contributed by atoms with Crippen molar-refractivity contribution >= 4 is 0 Å². The van der Waals surface area contributed by atoms with Crippen LogP contribution in [-0.2, 0) is 6.42 Å². The molecule has 4 nitrogen and oxygen atoms in total. The van der Waals surface area contributed by atoms with Crippen LogP contribution in [0.1, 0.15) is 48.1 Å². The average molecular weight is 352 g/mol. The summed E-state index contributed by atoms with van der Waals surface area (Å²) in [6, 6.07) is 7.41. The summed E-state index contributed by atoms with van der Waals surface area (Å²) in [7, 11) is 1.71. The van der Waals surface area contributed by atoms with Crippen LogP contribution in [0.3, 0.4) is 0 Å². The van der Waals surface area contributed by atoms with E-state index in [4.69, 9.17) is 14.2 Å². The van der Waals surface area contributed by atoms with Crippen LogP contribution in [0, 0.1) is 6.92 Å². The highest BCUT2D eigenvalue weighted by Gasteiger charge is 2.42. The maximum absolute atomic E-state index is 9.73. The van der Waals surface area contributed by atoms with Gasteiger partial charge in [0.2, 0.25) is 0 Å². The minimum Gasteiger partial charge on any atom is -0.508 e. The molecule has 0 amide bonds. The number of rotatable bonds is 3. The molecule has 2 aromatic carbocycles. The van der Waals surface area contributed by atoms with Gasteiger partial charge in [0.25, 0.3) is 0 Å². The van der Waals surface area contributed by atoms with Gasteiger partial charge in [0.1, 0.15) is 29.1 Å². The highest BCUT2D eigenvalue weighted by Crippen LogP contribution is 2.54. The van der Waals surface area contributed by atoms with Crippen molar-refractivity contribution in [3.05, 3.63) is 58.2 Å². The van der Waals surface area contributed by atoms with E-state index in [1.54, 1.807) is 19.2 Å². The topological polar surface area (TPSA) is 47.9 Å². The summed E-state index contributed by atoms with van der Waals surface area (Å²) in [5.74, 6) is 2.88. The number of ether oxygens (including phenoxy) is 3. The van der Waals surface area contributed by atoms with Crippen molar-refractivity contribution in [1.29, 1.82) is 0 Å². The van der Waals surface area contributed by atoms with Gasteiger partial charge in [0.05, 0.1) is 19.6 Å². The van der Waals surface area contributed by atoms with E-state index >= 15 is 0 Å². The standard InChI is InChI=1S/C22H24O4/c1-12(2)5-7-16-20(24-4)13(3)9-17-18-11-25-19-10-14(23)6-8-15(19)21(18)26-22(16)17/h5-6,8-10,18,21,23H,7,11H2,1-4H3/t18-,21-/m0/s1. The zero-order chi connectivity index (χ0) is 18.4. The number of phenolic OH excluding ortho intramolecular Hbond substituents is 1. The van der Waals surface area contributed by atoms with E-state index in [-0.39, 0.29) is 17.8 Å². The van der Waals surface area contributed by atoms with Crippen LogP contribution >= 0.6 is 0 Å². The largest absolute Gasteiger partial charge is 0.508 e. The lowest BCUT2D eigenvalue weighted by Crippen LogP contribution is -2.23. The molecule has 2 atom stereocenters. The Labute approximate surface area is 154 Å². The molecule has 2 aromatic rings. The van der Waals surface area contributed by atoms with Crippen LogP contribution in [0.4, 0.5) is 0 Å². The number of aryl methyl sites for hydroxylation is 1. The highest BCUT2D eigenvalue weighted by molar-refractivity contribution is 5.60. The Morgan fingerprint density at radius 3 is 2.81 bits per heavy atom. The highest BCUT2D eigenvalue weighted by atomic mass is 16.5. The maximum Gasteiger partial charge on any atom is 0.138 e. The van der Waals surface area contributed by atoms with E-state index in [9.17, 15) is 5.11 Å². The van der Waals surface area contributed by atoms with E-state index in [2.05, 4.69) is 32.9 Å². The zero-order valence-electron chi connectivity index (χ0n) is 15.6. The summed E-state index contributed by atoms with van der Waals surface area (Å²) in [6.45, 7) is 6.81. The maximum atomic E-state index is 9.73. The summed E-state index contributed by atoms with van der Waals surface area (Å²) in [4.78, 5) is 0. The molecule has 2 aliphatic heterocycles. The summed E-state index contributed by atoms with van der Waals surface area (Å²) in [5.41, 5.74) is 5.65. The van der Waals surface area contributed by atoms with Crippen molar-refractivity contribution in [2.75, 3.05) is 13.7 Å². The predicted molar refractivity (Wildman–Crippen MR) is 101 cm³/mol. The van der Waals surface area contributed by atoms with Gasteiger partial charge in [0.15, 0.2) is 0 Å². The second-order valence-electron chi connectivity index (χ2n) is 7.29. The molecule has 1 N–H and O–H groups in total. The van der Waals surface area contributed by atoms with Gasteiger partial charge in [-0.3, -0.25) is 0 Å². The smallest absolute Gasteiger partial charge is 0.138 e. The first-order valence-corrected chi connectivity index (χ1v) is 8.95. The van der Waals surface area contributed by atoms with Crippen molar-refractivity contribution in [2.24, 2.45) is 0 Å². The third-order valence-electron chi connectivity index (χ3n) is 5.19. The molecule has 0 spiro atoms. The van der Waals surface area contributed by atoms with E-state index in [0.29, 0.717) is 12.4 Å². The Hall–Kier alpha value is -2.62. The van der Waals surface area contributed by atoms with E-state index < -0.39 is 0 Å². The number of phenols is 1. The molecule has 0 unspecified atom stereocenters. The van der Waals surface area contributed by atoms with E-state index in [1.165, 1.54) is 11.1 Å². The third-order valence-corrected chi connectivity index (χ3v) is 5.19. The molecule has 0 radical (unpaired) electrons. The van der Waals surface area contributed by atoms with E-state index in [0.717, 1.165) is 34.6 Å². The molecule has 0 aliphatic carbocycles. The average Bonchev–Trinajstić information content (AvgIpc) is 2.97. The quantitative estimate of drug-likeness (QED) is 0.804. The Bertz CT molecular complexity index is 894. The van der Waals surface area contributed by atoms with Crippen LogP contribution in [0.2, 0.25) is 0 Å². The number of hydrogen-bond donors (Lipinski definition) is 1. The van der Waals surface area contributed by atoms with Gasteiger partial charge in [-0.15, -0.1) is 0 Å². The number of fused-ring (bicyclic) bond motifs is 5. The van der Waals surface area contributed by atoms with Crippen LogP contribution in [0.5, 0.6) is 23.0 Å². The van der Waals surface area contributed by atoms with Crippen molar-refractivity contribution < 1.29 is 19.3 Å². The third kappa shape index (κ3) is 2.61. The molecule has 0 saturated carbocycles. The minimum atomic E-state index is -0.0914. The number of benzene rings is 2. The van der Waals surface area contributed by atoms with Gasteiger partial charge in [-0.1, -0.05) is 11.6 Å². The Balaban J connectivity index is 1.82. The number of allylic oxidation sites excluding steroid dienone is 2. The number of methoxy groups -OCH3 is 1. The van der Waals surface area contributed by atoms with Crippen LogP contribution in [0.25, 0.3) is 0 Å². The van der Waals surface area contributed by atoms with Gasteiger partial charge in [0, 0.05) is 22.8 Å². The lowest BCUT2D eigenvalue weighted by atomic mass is 9.87. The number of aromatic hydroxyl groups is 1. The molecule has 2 heterocycles. The minimum absolute atomic E-state index is 0.0914. The summed E-state index contributed by atoms with van der Waals surface area (Å²) < 4.78 is 18.1. The molecule has 0 fully saturated rings. The van der Waals surface area contributed by atoms with Gasteiger partial charge in [-0.05, 0) is 51.0 Å². The first-order valence-electron chi connectivity index (χ1n) is 8.95. The van der Waals surface area contributed by atoms with Crippen molar-refractivity contribution in [1.82, 2.24) is 0 Å². The second-order valence-corrected chi connectivity index (χ2v) is 7.29. The van der Waals surface area contributed by atoms with Crippen molar-refractivity contribution in [3.63, 3.8) is 0 Å². The van der Waals surface area contributed by atoms with Crippen LogP contribution < -0.4 is 14.2 Å². The van der Waals surface area contributed by atoms with Gasteiger partial charge < -0.3 is 19.3 Å². The Morgan fingerprint density at radius 1 is 1.27 bits per heavy atom. The van der Waals surface area contributed by atoms with Gasteiger partial charge >= 0.3 is 0 Å². The van der Waals surface area contributed by atoms with Crippen LogP contribution in [0.15, 0.2) is 35.9 Å². The first-order chi connectivity index (χ1) is 12.5. The molecule has 2 aliphatic rings. The normalized spacial score (nSPS) is 19.5. The Morgan fingerprint density at radius 2 is 2.08 bits per heavy atom. The van der Waals surface area contributed by atoms with Crippen LogP contribution in [-0.4, -0.2) is 18.8 Å². The molecular weight excluding hydrogens is 328 g/mol. The summed E-state index contributed by atoms with van der Waals surface area (Å²) in [5, 5.41) is 9.73.